The molecule has 40 heavy (non-hydrogen) atoms. The van der Waals surface area contributed by atoms with E-state index in [1.54, 1.807) is 18.3 Å². The lowest BCUT2D eigenvalue weighted by atomic mass is 9.83. The van der Waals surface area contributed by atoms with Crippen LogP contribution in [0, 0.1) is 11.8 Å². The zero-order valence-electron chi connectivity index (χ0n) is 21.2. The van der Waals surface area contributed by atoms with Crippen molar-refractivity contribution in [3.63, 3.8) is 0 Å². The number of fused-ring (bicyclic) bond motifs is 1. The van der Waals surface area contributed by atoms with Crippen LogP contribution in [0.25, 0.3) is 33.9 Å². The Hall–Kier alpha value is -3.41. The maximum Gasteiger partial charge on any atom is 0.434 e. The van der Waals surface area contributed by atoms with Gasteiger partial charge in [0.05, 0.1) is 21.7 Å². The van der Waals surface area contributed by atoms with Gasteiger partial charge in [-0.05, 0) is 49.7 Å². The number of nitrogens with zero attached hydrogens (tertiary/aromatic N) is 6. The monoisotopic (exact) mass is 577 g/mol. The fraction of sp³-hybridized carbons (Fsp3) is 0.519. The molecule has 1 N–H and O–H groups in total. The normalized spacial score (nSPS) is 21.6. The molecule has 0 spiro atoms. The third kappa shape index (κ3) is 5.33. The van der Waals surface area contributed by atoms with E-state index in [0.717, 1.165) is 25.7 Å². The van der Waals surface area contributed by atoms with Crippen LogP contribution in [0.3, 0.4) is 0 Å². The van der Waals surface area contributed by atoms with E-state index in [1.807, 2.05) is 4.57 Å². The van der Waals surface area contributed by atoms with Crippen molar-refractivity contribution in [2.24, 2.45) is 11.8 Å². The fourth-order valence-corrected chi connectivity index (χ4v) is 6.02. The minimum absolute atomic E-state index is 0. The second-order valence-electron chi connectivity index (χ2n) is 10.6. The molecule has 9 nitrogen and oxygen atoms in total. The highest BCUT2D eigenvalue weighted by molar-refractivity contribution is 6.30. The SMILES string of the molecule is C.CC1CCC(Cn2c(N3CCC[C@H]3C(F)(F)F)nc3cc(-c4n[nH]c(=O)o4)nc(-c4cncc(Cl)c4)c32)CC1. The number of hydrogen-bond acceptors (Lipinski definition) is 7. The van der Waals surface area contributed by atoms with E-state index >= 15 is 0 Å². The third-order valence-electron chi connectivity index (χ3n) is 7.80. The Morgan fingerprint density at radius 1 is 1.12 bits per heavy atom. The van der Waals surface area contributed by atoms with Gasteiger partial charge in [0.2, 0.25) is 5.95 Å². The standard InChI is InChI=1S/C26H27ClF3N7O2.CH4/c1-14-4-6-15(7-5-14)13-37-22-18(33-24(37)36-8-2-3-20(36)26(28,29)30)10-19(23-34-35-25(38)39-23)32-21(22)16-9-17(27)12-31-11-16;/h9-12,14-15,20H,2-8,13H2,1H3,(H,35,38);1H4/t14?,15?,20-;/m0./s1. The van der Waals surface area contributed by atoms with Gasteiger partial charge in [-0.15, -0.1) is 5.10 Å². The van der Waals surface area contributed by atoms with Crippen molar-refractivity contribution in [2.45, 2.75) is 71.6 Å². The van der Waals surface area contributed by atoms with Crippen molar-refractivity contribution in [1.82, 2.24) is 29.7 Å². The van der Waals surface area contributed by atoms with E-state index in [2.05, 4.69) is 22.1 Å². The van der Waals surface area contributed by atoms with E-state index in [-0.39, 0.29) is 37.9 Å². The van der Waals surface area contributed by atoms with Gasteiger partial charge in [-0.3, -0.25) is 4.98 Å². The Bertz CT molecular complexity index is 1560. The Balaban J connectivity index is 0.00000323. The van der Waals surface area contributed by atoms with E-state index in [1.165, 1.54) is 11.1 Å². The number of alkyl halides is 3. The fourth-order valence-electron chi connectivity index (χ4n) is 5.84. The summed E-state index contributed by atoms with van der Waals surface area (Å²) in [5.74, 6) is 0.389. The van der Waals surface area contributed by atoms with E-state index in [0.29, 0.717) is 52.1 Å². The molecule has 0 bridgehead atoms. The molecule has 0 amide bonds. The summed E-state index contributed by atoms with van der Waals surface area (Å²) in [6, 6.07) is 1.67. The number of imidazole rings is 1. The molecule has 1 aliphatic carbocycles. The molecule has 2 aliphatic rings. The second-order valence-corrected chi connectivity index (χ2v) is 11.0. The highest BCUT2D eigenvalue weighted by Gasteiger charge is 2.47. The molecule has 4 aromatic heterocycles. The van der Waals surface area contributed by atoms with Crippen LogP contribution in [0.15, 0.2) is 33.7 Å². The van der Waals surface area contributed by atoms with E-state index in [4.69, 9.17) is 26.0 Å². The number of pyridine rings is 2. The zero-order chi connectivity index (χ0) is 27.3. The third-order valence-corrected chi connectivity index (χ3v) is 8.01. The molecule has 1 atom stereocenters. The predicted octanol–water partition coefficient (Wildman–Crippen LogP) is 6.48. The number of rotatable bonds is 5. The average molecular weight is 578 g/mol. The number of aromatic nitrogens is 6. The number of nitrogens with one attached hydrogen (secondary N) is 1. The van der Waals surface area contributed by atoms with Crippen molar-refractivity contribution >= 4 is 28.6 Å². The number of halogens is 4. The number of hydrogen-bond donors (Lipinski definition) is 1. The second kappa shape index (κ2) is 10.9. The summed E-state index contributed by atoms with van der Waals surface area (Å²) in [6.07, 6.45) is 3.25. The highest BCUT2D eigenvalue weighted by atomic mass is 35.5. The first-order chi connectivity index (χ1) is 18.7. The van der Waals surface area contributed by atoms with Crippen molar-refractivity contribution in [3.05, 3.63) is 40.1 Å². The largest absolute Gasteiger partial charge is 0.434 e. The molecule has 5 heterocycles. The van der Waals surface area contributed by atoms with Crippen LogP contribution < -0.4 is 10.7 Å². The molecular weight excluding hydrogens is 547 g/mol. The molecule has 13 heteroatoms. The summed E-state index contributed by atoms with van der Waals surface area (Å²) in [6.45, 7) is 2.99. The molecule has 0 unspecified atom stereocenters. The molecule has 2 fully saturated rings. The minimum Gasteiger partial charge on any atom is -0.386 e. The van der Waals surface area contributed by atoms with E-state index < -0.39 is 18.0 Å². The Kier molecular flexibility index (Phi) is 7.64. The lowest BCUT2D eigenvalue weighted by molar-refractivity contribution is -0.146. The van der Waals surface area contributed by atoms with Gasteiger partial charge in [0, 0.05) is 31.0 Å². The van der Waals surface area contributed by atoms with Crippen LogP contribution in [-0.2, 0) is 6.54 Å². The summed E-state index contributed by atoms with van der Waals surface area (Å²) in [4.78, 5) is 26.8. The predicted molar refractivity (Wildman–Crippen MR) is 146 cm³/mol. The van der Waals surface area contributed by atoms with Crippen LogP contribution in [0.1, 0.15) is 52.9 Å². The summed E-state index contributed by atoms with van der Waals surface area (Å²) in [7, 11) is 0. The first-order valence-electron chi connectivity index (χ1n) is 13.1. The molecule has 1 saturated heterocycles. The summed E-state index contributed by atoms with van der Waals surface area (Å²) in [5, 5.41) is 6.49. The molecule has 1 saturated carbocycles. The molecular formula is C27H31ClF3N7O2. The van der Waals surface area contributed by atoms with Crippen LogP contribution in [0.4, 0.5) is 19.1 Å². The molecule has 4 aromatic rings. The van der Waals surface area contributed by atoms with Gasteiger partial charge in [-0.2, -0.15) is 13.2 Å². The minimum atomic E-state index is -4.39. The van der Waals surface area contributed by atoms with Crippen LogP contribution >= 0.6 is 11.6 Å². The summed E-state index contributed by atoms with van der Waals surface area (Å²) in [5.41, 5.74) is 2.21. The summed E-state index contributed by atoms with van der Waals surface area (Å²) < 4.78 is 49.3. The van der Waals surface area contributed by atoms with Crippen molar-refractivity contribution in [1.29, 1.82) is 0 Å². The van der Waals surface area contributed by atoms with E-state index in [9.17, 15) is 18.0 Å². The molecule has 0 aromatic carbocycles. The zero-order valence-corrected chi connectivity index (χ0v) is 22.0. The molecule has 1 aliphatic heterocycles. The topological polar surface area (TPSA) is 106 Å². The summed E-state index contributed by atoms with van der Waals surface area (Å²) >= 11 is 6.27. The van der Waals surface area contributed by atoms with Gasteiger partial charge in [0.1, 0.15) is 11.7 Å². The van der Waals surface area contributed by atoms with Gasteiger partial charge < -0.3 is 13.9 Å². The maximum atomic E-state index is 14.1. The Labute approximate surface area is 233 Å². The van der Waals surface area contributed by atoms with Gasteiger partial charge in [0.25, 0.3) is 5.89 Å². The van der Waals surface area contributed by atoms with Gasteiger partial charge in [-0.25, -0.2) is 19.9 Å². The molecule has 0 radical (unpaired) electrons. The quantitative estimate of drug-likeness (QED) is 0.289. The van der Waals surface area contributed by atoms with Crippen molar-refractivity contribution < 1.29 is 17.6 Å². The van der Waals surface area contributed by atoms with Crippen LogP contribution in [0.5, 0.6) is 0 Å². The van der Waals surface area contributed by atoms with Gasteiger partial charge in [-0.1, -0.05) is 38.8 Å². The van der Waals surface area contributed by atoms with Crippen LogP contribution in [0.2, 0.25) is 5.02 Å². The van der Waals surface area contributed by atoms with Gasteiger partial charge >= 0.3 is 11.9 Å². The number of aromatic amines is 1. The van der Waals surface area contributed by atoms with Gasteiger partial charge in [0.15, 0.2) is 0 Å². The first kappa shape index (κ1) is 28.1. The Morgan fingerprint density at radius 2 is 1.90 bits per heavy atom. The maximum absolute atomic E-state index is 14.1. The molecule has 214 valence electrons. The lowest BCUT2D eigenvalue weighted by Gasteiger charge is -2.31. The average Bonchev–Trinajstić information content (AvgIpc) is 3.63. The first-order valence-corrected chi connectivity index (χ1v) is 13.5. The van der Waals surface area contributed by atoms with Crippen molar-refractivity contribution in [3.8, 4) is 22.8 Å². The van der Waals surface area contributed by atoms with Crippen molar-refractivity contribution in [2.75, 3.05) is 11.4 Å². The smallest absolute Gasteiger partial charge is 0.386 e. The Morgan fingerprint density at radius 3 is 2.58 bits per heavy atom. The highest BCUT2D eigenvalue weighted by Crippen LogP contribution is 2.41. The van der Waals surface area contributed by atoms with Crippen LogP contribution in [-0.4, -0.2) is 48.5 Å². The molecule has 6 rings (SSSR count). The lowest BCUT2D eigenvalue weighted by Crippen LogP contribution is -2.42. The number of anilines is 1. The number of H-pyrrole nitrogens is 1.